The van der Waals surface area contributed by atoms with Gasteiger partial charge in [-0.05, 0) is 104 Å². The van der Waals surface area contributed by atoms with Crippen LogP contribution in [0.1, 0.15) is 22.9 Å². The van der Waals surface area contributed by atoms with Crippen LogP contribution in [-0.2, 0) is 0 Å². The Morgan fingerprint density at radius 3 is 1.73 bits per heavy atom. The van der Waals surface area contributed by atoms with Gasteiger partial charge in [0.2, 0.25) is 12.0 Å². The molecule has 1 unspecified atom stereocenters. The second kappa shape index (κ2) is 14.5. The van der Waals surface area contributed by atoms with E-state index in [4.69, 9.17) is 9.41 Å². The summed E-state index contributed by atoms with van der Waals surface area (Å²) < 4.78 is 9.48. The number of rotatable bonds is 6. The summed E-state index contributed by atoms with van der Waals surface area (Å²) in [5, 5.41) is 13.0. The molecule has 13 rings (SSSR count). The lowest BCUT2D eigenvalue weighted by atomic mass is 9.98. The standard InChI is InChI=1S/C59H38N4O/c1-3-13-37(14-4-1)38-23-25-39(26-24-38)40-27-29-42(30-28-40)58-60-57(41-15-5-2-6-16-41)61-59(62-58)51-34-45-19-9-10-20-47(45)55-49-32-31-46(36-54(49)64-56(51)55)63-52-22-12-11-21-48(52)50-33-43-17-7-8-18-44(43)35-53(50)63/h1-36,59H,(H,60,61,62)/p+1. The molecular weight excluding hydrogens is 781 g/mol. The number of benzene rings is 10. The van der Waals surface area contributed by atoms with Gasteiger partial charge < -0.3 is 8.98 Å². The van der Waals surface area contributed by atoms with E-state index in [1.807, 2.05) is 6.07 Å². The van der Waals surface area contributed by atoms with E-state index in [0.717, 1.165) is 77.8 Å². The van der Waals surface area contributed by atoms with Crippen molar-refractivity contribution in [3.63, 3.8) is 0 Å². The molecule has 64 heavy (non-hydrogen) atoms. The van der Waals surface area contributed by atoms with E-state index in [2.05, 4.69) is 227 Å². The molecule has 10 aromatic carbocycles. The van der Waals surface area contributed by atoms with E-state index < -0.39 is 6.17 Å². The van der Waals surface area contributed by atoms with E-state index in [-0.39, 0.29) is 0 Å². The van der Waals surface area contributed by atoms with Gasteiger partial charge in [-0.2, -0.15) is 4.99 Å². The highest BCUT2D eigenvalue weighted by Gasteiger charge is 2.30. The number of aromatic nitrogens is 1. The van der Waals surface area contributed by atoms with Crippen molar-refractivity contribution >= 4 is 77.0 Å². The third kappa shape index (κ3) is 5.93. The van der Waals surface area contributed by atoms with Gasteiger partial charge >= 0.3 is 0 Å². The number of hydrogen-bond acceptors (Lipinski definition) is 3. The molecule has 2 aromatic heterocycles. The molecular formula is C59H39N4O+. The van der Waals surface area contributed by atoms with Crippen molar-refractivity contribution in [3.05, 3.63) is 235 Å². The quantitative estimate of drug-likeness (QED) is 0.176. The summed E-state index contributed by atoms with van der Waals surface area (Å²) in [4.78, 5) is 9.22. The van der Waals surface area contributed by atoms with E-state index in [9.17, 15) is 0 Å². The second-order valence-corrected chi connectivity index (χ2v) is 16.7. The normalized spacial score (nSPS) is 14.1. The van der Waals surface area contributed by atoms with Crippen molar-refractivity contribution in [1.82, 2.24) is 9.88 Å². The van der Waals surface area contributed by atoms with Gasteiger partial charge in [0.1, 0.15) is 11.2 Å². The second-order valence-electron chi connectivity index (χ2n) is 16.7. The van der Waals surface area contributed by atoms with E-state index in [1.165, 1.54) is 43.8 Å². The molecule has 0 bridgehead atoms. The highest BCUT2D eigenvalue weighted by atomic mass is 16.3. The van der Waals surface area contributed by atoms with Gasteiger partial charge in [0, 0.05) is 38.9 Å². The molecule has 0 saturated heterocycles. The van der Waals surface area contributed by atoms with Crippen molar-refractivity contribution in [2.45, 2.75) is 6.17 Å². The predicted molar refractivity (Wildman–Crippen MR) is 264 cm³/mol. The first kappa shape index (κ1) is 36.1. The summed E-state index contributed by atoms with van der Waals surface area (Å²) in [5.41, 5.74) is 12.8. The average Bonchev–Trinajstić information content (AvgIpc) is 3.91. The minimum absolute atomic E-state index is 0.450. The Kier molecular flexibility index (Phi) is 8.21. The lowest BCUT2D eigenvalue weighted by Gasteiger charge is -2.18. The average molecular weight is 820 g/mol. The Morgan fingerprint density at radius 2 is 1.02 bits per heavy atom. The fraction of sp³-hybridized carbons (Fsp3) is 0.0169. The third-order valence-corrected chi connectivity index (χ3v) is 12.9. The van der Waals surface area contributed by atoms with Crippen LogP contribution in [0.5, 0.6) is 0 Å². The first-order valence-electron chi connectivity index (χ1n) is 21.8. The van der Waals surface area contributed by atoms with Crippen molar-refractivity contribution in [2.75, 3.05) is 0 Å². The van der Waals surface area contributed by atoms with Crippen molar-refractivity contribution < 1.29 is 9.41 Å². The molecule has 1 aliphatic rings. The molecule has 5 heteroatoms. The number of para-hydroxylation sites is 1. The Labute approximate surface area is 368 Å². The Bertz CT molecular complexity index is 3840. The molecule has 5 nitrogen and oxygen atoms in total. The van der Waals surface area contributed by atoms with Gasteiger partial charge in [-0.15, -0.1) is 0 Å². The van der Waals surface area contributed by atoms with Crippen LogP contribution in [0.25, 0.3) is 93.2 Å². The summed E-state index contributed by atoms with van der Waals surface area (Å²) in [7, 11) is 0. The molecule has 0 aliphatic carbocycles. The molecule has 12 aromatic rings. The zero-order valence-electron chi connectivity index (χ0n) is 34.7. The fourth-order valence-electron chi connectivity index (χ4n) is 9.76. The van der Waals surface area contributed by atoms with Crippen LogP contribution >= 0.6 is 0 Å². The molecule has 1 atom stereocenters. The van der Waals surface area contributed by atoms with Crippen LogP contribution in [-0.4, -0.2) is 16.2 Å². The molecule has 0 amide bonds. The lowest BCUT2D eigenvalue weighted by Crippen LogP contribution is -2.80. The Morgan fingerprint density at radius 1 is 0.438 bits per heavy atom. The third-order valence-electron chi connectivity index (χ3n) is 12.9. The number of amidine groups is 2. The van der Waals surface area contributed by atoms with Gasteiger partial charge in [0.25, 0.3) is 5.84 Å². The molecule has 0 spiro atoms. The van der Waals surface area contributed by atoms with Gasteiger partial charge in [-0.1, -0.05) is 152 Å². The monoisotopic (exact) mass is 819 g/mol. The van der Waals surface area contributed by atoms with E-state index in [0.29, 0.717) is 0 Å². The number of furan rings is 1. The van der Waals surface area contributed by atoms with Gasteiger partial charge in [-0.3, -0.25) is 0 Å². The van der Waals surface area contributed by atoms with Crippen molar-refractivity contribution in [3.8, 4) is 27.9 Å². The topological polar surface area (TPSA) is 56.4 Å². The van der Waals surface area contributed by atoms with E-state index >= 15 is 0 Å². The number of aliphatic imine (C=N–C) groups is 1. The van der Waals surface area contributed by atoms with Crippen LogP contribution in [0.3, 0.4) is 0 Å². The molecule has 0 radical (unpaired) electrons. The van der Waals surface area contributed by atoms with Crippen molar-refractivity contribution in [2.24, 2.45) is 4.99 Å². The molecule has 300 valence electrons. The fourth-order valence-corrected chi connectivity index (χ4v) is 9.76. The number of nitrogens with one attached hydrogen (secondary N) is 2. The summed E-state index contributed by atoms with van der Waals surface area (Å²) in [6.45, 7) is 0. The summed E-state index contributed by atoms with van der Waals surface area (Å²) in [6.07, 6.45) is -0.450. The lowest BCUT2D eigenvalue weighted by molar-refractivity contribution is -0.510. The van der Waals surface area contributed by atoms with Gasteiger partial charge in [0.05, 0.1) is 22.2 Å². The number of fused-ring (bicyclic) bond motifs is 9. The first-order chi connectivity index (χ1) is 31.7. The van der Waals surface area contributed by atoms with E-state index in [1.54, 1.807) is 0 Å². The Hall–Kier alpha value is -8.54. The highest BCUT2D eigenvalue weighted by molar-refractivity contribution is 6.21. The van der Waals surface area contributed by atoms with Gasteiger partial charge in [-0.25, -0.2) is 10.3 Å². The minimum Gasteiger partial charge on any atom is -0.455 e. The van der Waals surface area contributed by atoms with Crippen LogP contribution in [0, 0.1) is 0 Å². The largest absolute Gasteiger partial charge is 0.455 e. The Balaban J connectivity index is 0.951. The maximum atomic E-state index is 7.11. The smallest absolute Gasteiger partial charge is 0.283 e. The zero-order chi connectivity index (χ0) is 42.1. The van der Waals surface area contributed by atoms with Crippen LogP contribution in [0.4, 0.5) is 0 Å². The van der Waals surface area contributed by atoms with Crippen LogP contribution < -0.4 is 10.3 Å². The summed E-state index contributed by atoms with van der Waals surface area (Å²) >= 11 is 0. The predicted octanol–water partition coefficient (Wildman–Crippen LogP) is 12.9. The zero-order valence-corrected chi connectivity index (χ0v) is 34.7. The van der Waals surface area contributed by atoms with Crippen LogP contribution in [0.15, 0.2) is 228 Å². The molecule has 0 saturated carbocycles. The minimum atomic E-state index is -0.450. The molecule has 3 heterocycles. The summed E-state index contributed by atoms with van der Waals surface area (Å²) in [6, 6.07) is 77.8. The maximum Gasteiger partial charge on any atom is 0.283 e. The SMILES string of the molecule is c1ccc(C2=[NH+]C(c3cc4ccccc4c4c3oc3cc(-n5c6ccccc6c6cc7ccccc7cc65)ccc34)N=C(c3ccc(-c4ccc(-c5ccccc5)cc4)cc3)N2)cc1. The number of hydrogen-bond donors (Lipinski definition) is 2. The van der Waals surface area contributed by atoms with Crippen molar-refractivity contribution in [1.29, 1.82) is 0 Å². The highest BCUT2D eigenvalue weighted by Crippen LogP contribution is 2.41. The van der Waals surface area contributed by atoms with Crippen LogP contribution in [0.2, 0.25) is 0 Å². The number of nitrogens with zero attached hydrogens (tertiary/aromatic N) is 2. The maximum absolute atomic E-state index is 7.11. The molecule has 1 aliphatic heterocycles. The first-order valence-corrected chi connectivity index (χ1v) is 21.8. The molecule has 0 fully saturated rings. The molecule has 2 N–H and O–H groups in total. The van der Waals surface area contributed by atoms with Gasteiger partial charge in [0.15, 0.2) is 0 Å². The summed E-state index contributed by atoms with van der Waals surface area (Å²) in [5.74, 6) is 1.67.